The molecule has 0 N–H and O–H groups in total. The van der Waals surface area contributed by atoms with Crippen molar-refractivity contribution in [3.63, 3.8) is 0 Å². The maximum absolute atomic E-state index is 4.45. The number of aromatic nitrogens is 3. The quantitative estimate of drug-likeness (QED) is 0.674. The van der Waals surface area contributed by atoms with E-state index in [1.54, 1.807) is 0 Å². The van der Waals surface area contributed by atoms with Gasteiger partial charge in [-0.25, -0.2) is 0 Å². The maximum Gasteiger partial charge on any atom is 0.161 e. The molecular formula is C11H15N3. The first-order chi connectivity index (χ1) is 6.59. The number of aryl methyl sites for hydroxylation is 4. The average molecular weight is 189 g/mol. The van der Waals surface area contributed by atoms with E-state index < -0.39 is 0 Å². The molecule has 74 valence electrons. The highest BCUT2D eigenvalue weighted by Gasteiger charge is 2.09. The normalized spacial score (nSPS) is 10.9. The monoisotopic (exact) mass is 189 g/mol. The van der Waals surface area contributed by atoms with Gasteiger partial charge in [0, 0.05) is 30.2 Å². The van der Waals surface area contributed by atoms with Crippen molar-refractivity contribution in [2.24, 2.45) is 7.05 Å². The summed E-state index contributed by atoms with van der Waals surface area (Å²) < 4.78 is 4.03. The Morgan fingerprint density at radius 2 is 1.64 bits per heavy atom. The molecule has 3 heteroatoms. The molecule has 0 amide bonds. The molecule has 0 aliphatic heterocycles. The minimum atomic E-state index is 1.03. The van der Waals surface area contributed by atoms with Gasteiger partial charge in [0.1, 0.15) is 0 Å². The highest BCUT2D eigenvalue weighted by atomic mass is 15.3. The molecule has 2 heterocycles. The van der Waals surface area contributed by atoms with Crippen LogP contribution in [0.25, 0.3) is 5.82 Å². The molecule has 0 aromatic carbocycles. The highest BCUT2D eigenvalue weighted by Crippen LogP contribution is 2.17. The summed E-state index contributed by atoms with van der Waals surface area (Å²) >= 11 is 0. The SMILES string of the molecule is Cc1cn(C)nc1-n1c(C)ccc1C. The number of rotatable bonds is 1. The molecule has 3 nitrogen and oxygen atoms in total. The van der Waals surface area contributed by atoms with Crippen molar-refractivity contribution < 1.29 is 0 Å². The van der Waals surface area contributed by atoms with E-state index in [0.717, 1.165) is 5.82 Å². The molecule has 0 bridgehead atoms. The summed E-state index contributed by atoms with van der Waals surface area (Å²) in [5.74, 6) is 1.03. The van der Waals surface area contributed by atoms with Gasteiger partial charge in [-0.05, 0) is 32.9 Å². The zero-order valence-corrected chi connectivity index (χ0v) is 9.07. The molecule has 0 fully saturated rings. The van der Waals surface area contributed by atoms with Gasteiger partial charge in [-0.2, -0.15) is 5.10 Å². The molecule has 0 aliphatic rings. The Bertz CT molecular complexity index is 443. The van der Waals surface area contributed by atoms with Crippen LogP contribution in [0.4, 0.5) is 0 Å². The molecular weight excluding hydrogens is 174 g/mol. The number of hydrogen-bond donors (Lipinski definition) is 0. The van der Waals surface area contributed by atoms with Crippen LogP contribution in [0.15, 0.2) is 18.3 Å². The predicted octanol–water partition coefficient (Wildman–Crippen LogP) is 2.14. The van der Waals surface area contributed by atoms with Crippen LogP contribution in [0.3, 0.4) is 0 Å². The fraction of sp³-hybridized carbons (Fsp3) is 0.364. The van der Waals surface area contributed by atoms with Gasteiger partial charge in [-0.3, -0.25) is 4.68 Å². The summed E-state index contributed by atoms with van der Waals surface area (Å²) in [6, 6.07) is 4.23. The molecule has 0 radical (unpaired) electrons. The summed E-state index contributed by atoms with van der Waals surface area (Å²) in [5.41, 5.74) is 3.66. The molecule has 2 aromatic rings. The molecule has 0 saturated heterocycles. The first-order valence-corrected chi connectivity index (χ1v) is 4.75. The number of hydrogen-bond acceptors (Lipinski definition) is 1. The topological polar surface area (TPSA) is 22.8 Å². The van der Waals surface area contributed by atoms with Gasteiger partial charge in [0.15, 0.2) is 5.82 Å². The highest BCUT2D eigenvalue weighted by molar-refractivity contribution is 5.36. The molecule has 2 rings (SSSR count). The van der Waals surface area contributed by atoms with Crippen molar-refractivity contribution in [2.45, 2.75) is 20.8 Å². The minimum absolute atomic E-state index is 1.03. The molecule has 0 saturated carbocycles. The second kappa shape index (κ2) is 3.01. The lowest BCUT2D eigenvalue weighted by Crippen LogP contribution is -2.01. The van der Waals surface area contributed by atoms with E-state index in [0.29, 0.717) is 0 Å². The minimum Gasteiger partial charge on any atom is -0.302 e. The standard InChI is InChI=1S/C11H15N3/c1-8-7-13(4)12-11(8)14-9(2)5-6-10(14)3/h5-7H,1-4H3. The fourth-order valence-electron chi connectivity index (χ4n) is 1.82. The first kappa shape index (κ1) is 9.06. The Kier molecular flexibility index (Phi) is 1.95. The van der Waals surface area contributed by atoms with Crippen LogP contribution >= 0.6 is 0 Å². The summed E-state index contributed by atoms with van der Waals surface area (Å²) in [7, 11) is 1.95. The molecule has 0 spiro atoms. The smallest absolute Gasteiger partial charge is 0.161 e. The van der Waals surface area contributed by atoms with Gasteiger partial charge in [0.25, 0.3) is 0 Å². The van der Waals surface area contributed by atoms with Crippen LogP contribution < -0.4 is 0 Å². The van der Waals surface area contributed by atoms with Crippen LogP contribution in [-0.4, -0.2) is 14.3 Å². The third-order valence-corrected chi connectivity index (χ3v) is 2.47. The van der Waals surface area contributed by atoms with Gasteiger partial charge in [0.2, 0.25) is 0 Å². The second-order valence-corrected chi connectivity index (χ2v) is 3.76. The second-order valence-electron chi connectivity index (χ2n) is 3.76. The van der Waals surface area contributed by atoms with Crippen LogP contribution in [0.5, 0.6) is 0 Å². The average Bonchev–Trinajstić information content (AvgIpc) is 2.57. The van der Waals surface area contributed by atoms with E-state index in [2.05, 4.69) is 42.6 Å². The Labute approximate surface area is 84.0 Å². The van der Waals surface area contributed by atoms with Crippen molar-refractivity contribution in [1.82, 2.24) is 14.3 Å². The molecule has 0 aliphatic carbocycles. The number of nitrogens with zero attached hydrogens (tertiary/aromatic N) is 3. The Morgan fingerprint density at radius 1 is 1.07 bits per heavy atom. The summed E-state index contributed by atoms with van der Waals surface area (Å²) in [6.45, 7) is 6.28. The van der Waals surface area contributed by atoms with Crippen molar-refractivity contribution in [2.75, 3.05) is 0 Å². The summed E-state index contributed by atoms with van der Waals surface area (Å²) in [4.78, 5) is 0. The van der Waals surface area contributed by atoms with Crippen molar-refractivity contribution in [3.05, 3.63) is 35.3 Å². The van der Waals surface area contributed by atoms with E-state index in [1.807, 2.05) is 17.9 Å². The molecule has 0 atom stereocenters. The molecule has 0 unspecified atom stereocenters. The third kappa shape index (κ3) is 1.25. The van der Waals surface area contributed by atoms with E-state index in [-0.39, 0.29) is 0 Å². The summed E-state index contributed by atoms with van der Waals surface area (Å²) in [5, 5.41) is 4.45. The zero-order chi connectivity index (χ0) is 10.3. The van der Waals surface area contributed by atoms with Gasteiger partial charge < -0.3 is 4.57 Å². The maximum atomic E-state index is 4.45. The summed E-state index contributed by atoms with van der Waals surface area (Å²) in [6.07, 6.45) is 2.04. The van der Waals surface area contributed by atoms with E-state index >= 15 is 0 Å². The van der Waals surface area contributed by atoms with E-state index in [4.69, 9.17) is 0 Å². The van der Waals surface area contributed by atoms with Gasteiger partial charge >= 0.3 is 0 Å². The van der Waals surface area contributed by atoms with Crippen LogP contribution in [0, 0.1) is 20.8 Å². The largest absolute Gasteiger partial charge is 0.302 e. The zero-order valence-electron chi connectivity index (χ0n) is 9.07. The predicted molar refractivity (Wildman–Crippen MR) is 56.7 cm³/mol. The first-order valence-electron chi connectivity index (χ1n) is 4.75. The van der Waals surface area contributed by atoms with Crippen molar-refractivity contribution in [1.29, 1.82) is 0 Å². The Hall–Kier alpha value is -1.51. The third-order valence-electron chi connectivity index (χ3n) is 2.47. The van der Waals surface area contributed by atoms with Crippen LogP contribution in [0.2, 0.25) is 0 Å². The fourth-order valence-corrected chi connectivity index (χ4v) is 1.82. The van der Waals surface area contributed by atoms with Crippen molar-refractivity contribution in [3.8, 4) is 5.82 Å². The van der Waals surface area contributed by atoms with E-state index in [1.165, 1.54) is 17.0 Å². The Morgan fingerprint density at radius 3 is 2.07 bits per heavy atom. The lowest BCUT2D eigenvalue weighted by Gasteiger charge is -2.06. The van der Waals surface area contributed by atoms with Gasteiger partial charge in [0.05, 0.1) is 0 Å². The molecule has 14 heavy (non-hydrogen) atoms. The van der Waals surface area contributed by atoms with Crippen molar-refractivity contribution >= 4 is 0 Å². The van der Waals surface area contributed by atoms with E-state index in [9.17, 15) is 0 Å². The van der Waals surface area contributed by atoms with Crippen LogP contribution in [-0.2, 0) is 7.05 Å². The lowest BCUT2D eigenvalue weighted by atomic mass is 10.3. The lowest BCUT2D eigenvalue weighted by molar-refractivity contribution is 0.745. The van der Waals surface area contributed by atoms with Gasteiger partial charge in [-0.1, -0.05) is 0 Å². The van der Waals surface area contributed by atoms with Crippen LogP contribution in [0.1, 0.15) is 17.0 Å². The Balaban J connectivity index is 2.65. The molecule has 2 aromatic heterocycles. The van der Waals surface area contributed by atoms with Gasteiger partial charge in [-0.15, -0.1) is 0 Å².